The monoisotopic (exact) mass is 280 g/mol. The van der Waals surface area contributed by atoms with Crippen LogP contribution in [0.25, 0.3) is 0 Å². The summed E-state index contributed by atoms with van der Waals surface area (Å²) in [5.74, 6) is -0.151. The molecule has 0 aromatic carbocycles. The molecule has 0 heterocycles. The Morgan fingerprint density at radius 2 is 1.25 bits per heavy atom. The molecule has 0 aliphatic heterocycles. The zero-order valence-corrected chi connectivity index (χ0v) is 13.3. The van der Waals surface area contributed by atoms with Gasteiger partial charge >= 0.3 is 0 Å². The molecule has 0 spiro atoms. The Morgan fingerprint density at radius 1 is 0.900 bits per heavy atom. The minimum atomic E-state index is -1.04. The maximum absolute atomic E-state index is 12.7. The van der Waals surface area contributed by atoms with Gasteiger partial charge in [-0.15, -0.1) is 13.2 Å². The zero-order chi connectivity index (χ0) is 15.6. The maximum Gasteiger partial charge on any atom is 0.180 e. The van der Waals surface area contributed by atoms with Crippen molar-refractivity contribution < 1.29 is 4.79 Å². The van der Waals surface area contributed by atoms with E-state index in [1.165, 1.54) is 0 Å². The summed E-state index contributed by atoms with van der Waals surface area (Å²) in [5.41, 5.74) is 10.4. The standard InChI is InChI=1S/C17H32N2O/c1-5-9-11-13-16(18,7-3)15(20)17(19,8-4)14-12-10-6-2/h7-8H,3-6,9-14,18-19H2,1-2H3. The third-order valence-electron chi connectivity index (χ3n) is 3.96. The Bertz CT molecular complexity index is 297. The minimum absolute atomic E-state index is 0.151. The van der Waals surface area contributed by atoms with Crippen LogP contribution in [0.2, 0.25) is 0 Å². The van der Waals surface area contributed by atoms with Gasteiger partial charge in [0, 0.05) is 0 Å². The average molecular weight is 280 g/mol. The van der Waals surface area contributed by atoms with Gasteiger partial charge in [0.1, 0.15) is 0 Å². The van der Waals surface area contributed by atoms with Crippen molar-refractivity contribution in [2.24, 2.45) is 11.5 Å². The predicted octanol–water partition coefficient (Wildman–Crippen LogP) is 3.48. The summed E-state index contributed by atoms with van der Waals surface area (Å²) in [6, 6.07) is 0. The first kappa shape index (κ1) is 19.1. The van der Waals surface area contributed by atoms with Crippen LogP contribution in [-0.4, -0.2) is 16.9 Å². The van der Waals surface area contributed by atoms with Crippen molar-refractivity contribution in [2.75, 3.05) is 0 Å². The second-order valence-corrected chi connectivity index (χ2v) is 5.73. The van der Waals surface area contributed by atoms with Gasteiger partial charge in [-0.3, -0.25) is 4.79 Å². The highest BCUT2D eigenvalue weighted by atomic mass is 16.1. The van der Waals surface area contributed by atoms with E-state index >= 15 is 0 Å². The number of carbonyl (C=O) groups excluding carboxylic acids is 1. The number of rotatable bonds is 12. The van der Waals surface area contributed by atoms with Crippen LogP contribution in [-0.2, 0) is 4.79 Å². The van der Waals surface area contributed by atoms with Crippen molar-refractivity contribution in [1.29, 1.82) is 0 Å². The summed E-state index contributed by atoms with van der Waals surface area (Å²) in [5, 5.41) is 0. The maximum atomic E-state index is 12.7. The number of ketones is 1. The largest absolute Gasteiger partial charge is 0.316 e. The fraction of sp³-hybridized carbons (Fsp3) is 0.706. The number of hydrogen-bond acceptors (Lipinski definition) is 3. The van der Waals surface area contributed by atoms with Crippen molar-refractivity contribution in [3.8, 4) is 0 Å². The van der Waals surface area contributed by atoms with E-state index in [0.717, 1.165) is 38.5 Å². The van der Waals surface area contributed by atoms with Gasteiger partial charge in [-0.1, -0.05) is 64.5 Å². The predicted molar refractivity (Wildman–Crippen MR) is 87.5 cm³/mol. The van der Waals surface area contributed by atoms with E-state index in [2.05, 4.69) is 27.0 Å². The molecule has 0 saturated carbocycles. The van der Waals surface area contributed by atoms with Crippen LogP contribution in [0, 0.1) is 0 Å². The van der Waals surface area contributed by atoms with Gasteiger partial charge in [-0.2, -0.15) is 0 Å². The minimum Gasteiger partial charge on any atom is -0.316 e. The normalized spacial score (nSPS) is 17.0. The summed E-state index contributed by atoms with van der Waals surface area (Å²) in [4.78, 5) is 12.7. The molecule has 0 rings (SSSR count). The smallest absolute Gasteiger partial charge is 0.180 e. The highest BCUT2D eigenvalue weighted by Crippen LogP contribution is 2.25. The number of Topliss-reactive ketones (excluding diaryl/α,β-unsaturated/α-hetero) is 1. The van der Waals surface area contributed by atoms with E-state index in [1.807, 2.05) is 0 Å². The molecule has 0 aromatic rings. The van der Waals surface area contributed by atoms with E-state index in [9.17, 15) is 4.79 Å². The van der Waals surface area contributed by atoms with Crippen LogP contribution in [0.4, 0.5) is 0 Å². The molecule has 0 fully saturated rings. The molecule has 0 bridgehead atoms. The third-order valence-corrected chi connectivity index (χ3v) is 3.96. The number of nitrogens with two attached hydrogens (primary N) is 2. The number of carbonyl (C=O) groups is 1. The zero-order valence-electron chi connectivity index (χ0n) is 13.3. The Morgan fingerprint density at radius 3 is 1.50 bits per heavy atom. The third kappa shape index (κ3) is 5.22. The summed E-state index contributed by atoms with van der Waals surface area (Å²) in [7, 11) is 0. The first-order valence-corrected chi connectivity index (χ1v) is 7.80. The molecule has 0 radical (unpaired) electrons. The lowest BCUT2D eigenvalue weighted by molar-refractivity contribution is -0.126. The fourth-order valence-corrected chi connectivity index (χ4v) is 2.38. The van der Waals surface area contributed by atoms with Crippen LogP contribution in [0.15, 0.2) is 25.3 Å². The first-order valence-electron chi connectivity index (χ1n) is 7.80. The average Bonchev–Trinajstić information content (AvgIpc) is 2.46. The van der Waals surface area contributed by atoms with Crippen molar-refractivity contribution in [3.05, 3.63) is 25.3 Å². The molecule has 3 nitrogen and oxygen atoms in total. The van der Waals surface area contributed by atoms with Gasteiger partial charge in [-0.25, -0.2) is 0 Å². The Hall–Kier alpha value is -0.930. The second kappa shape index (κ2) is 9.09. The molecule has 4 N–H and O–H groups in total. The summed E-state index contributed by atoms with van der Waals surface area (Å²) < 4.78 is 0. The lowest BCUT2D eigenvalue weighted by atomic mass is 9.76. The molecule has 0 aliphatic carbocycles. The van der Waals surface area contributed by atoms with E-state index in [1.54, 1.807) is 12.2 Å². The van der Waals surface area contributed by atoms with E-state index in [4.69, 9.17) is 11.5 Å². The number of hydrogen-bond donors (Lipinski definition) is 2. The summed E-state index contributed by atoms with van der Waals surface area (Å²) >= 11 is 0. The van der Waals surface area contributed by atoms with Gasteiger partial charge in [-0.05, 0) is 12.8 Å². The van der Waals surface area contributed by atoms with Gasteiger partial charge < -0.3 is 11.5 Å². The molecule has 116 valence electrons. The highest BCUT2D eigenvalue weighted by Gasteiger charge is 2.41. The van der Waals surface area contributed by atoms with Gasteiger partial charge in [0.25, 0.3) is 0 Å². The summed E-state index contributed by atoms with van der Waals surface area (Å²) in [6.07, 6.45) is 10.4. The number of unbranched alkanes of at least 4 members (excludes halogenated alkanes) is 4. The van der Waals surface area contributed by atoms with Gasteiger partial charge in [0.2, 0.25) is 0 Å². The van der Waals surface area contributed by atoms with Crippen LogP contribution in [0.3, 0.4) is 0 Å². The molecule has 3 heteroatoms. The molecule has 2 unspecified atom stereocenters. The highest BCUT2D eigenvalue weighted by molar-refractivity contribution is 5.99. The van der Waals surface area contributed by atoms with Crippen molar-refractivity contribution in [3.63, 3.8) is 0 Å². The van der Waals surface area contributed by atoms with Crippen molar-refractivity contribution in [1.82, 2.24) is 0 Å². The van der Waals surface area contributed by atoms with Crippen LogP contribution in [0.1, 0.15) is 65.2 Å². The Kier molecular flexibility index (Phi) is 8.67. The van der Waals surface area contributed by atoms with E-state index in [0.29, 0.717) is 12.8 Å². The van der Waals surface area contributed by atoms with E-state index in [-0.39, 0.29) is 5.78 Å². The molecule has 0 aromatic heterocycles. The van der Waals surface area contributed by atoms with E-state index < -0.39 is 11.1 Å². The molecule has 0 aliphatic rings. The van der Waals surface area contributed by atoms with Crippen LogP contribution in [0.5, 0.6) is 0 Å². The fourth-order valence-electron chi connectivity index (χ4n) is 2.38. The molecule has 0 saturated heterocycles. The molecular formula is C17H32N2O. The topological polar surface area (TPSA) is 69.1 Å². The van der Waals surface area contributed by atoms with Crippen LogP contribution < -0.4 is 11.5 Å². The molecule has 20 heavy (non-hydrogen) atoms. The molecular weight excluding hydrogens is 248 g/mol. The van der Waals surface area contributed by atoms with Crippen molar-refractivity contribution >= 4 is 5.78 Å². The van der Waals surface area contributed by atoms with Gasteiger partial charge in [0.05, 0.1) is 11.1 Å². The Balaban J connectivity index is 4.91. The lowest BCUT2D eigenvalue weighted by Crippen LogP contribution is -2.60. The molecule has 2 atom stereocenters. The van der Waals surface area contributed by atoms with Crippen molar-refractivity contribution in [2.45, 2.75) is 76.3 Å². The van der Waals surface area contributed by atoms with Gasteiger partial charge in [0.15, 0.2) is 5.78 Å². The lowest BCUT2D eigenvalue weighted by Gasteiger charge is -2.34. The first-order chi connectivity index (χ1) is 9.40. The summed E-state index contributed by atoms with van der Waals surface area (Å²) in [6.45, 7) is 11.7. The van der Waals surface area contributed by atoms with Crippen LogP contribution >= 0.6 is 0 Å². The second-order valence-electron chi connectivity index (χ2n) is 5.73. The Labute approximate surface area is 124 Å². The quantitative estimate of drug-likeness (QED) is 0.425. The SMILES string of the molecule is C=CC(N)(CCCCC)C(=O)C(N)(C=C)CCCCC. The molecule has 0 amide bonds.